The van der Waals surface area contributed by atoms with Gasteiger partial charge in [-0.25, -0.2) is 18.0 Å². The number of amides is 2. The third-order valence-corrected chi connectivity index (χ3v) is 6.47. The summed E-state index contributed by atoms with van der Waals surface area (Å²) in [5.74, 6) is -0.594. The molecule has 3 N–H and O–H groups in total. The molecule has 8 nitrogen and oxygen atoms in total. The molecule has 9 heteroatoms. The molecule has 0 spiro atoms. The van der Waals surface area contributed by atoms with Crippen LogP contribution < -0.4 is 10.6 Å². The molecule has 0 bridgehead atoms. The molecular formula is C23H22N2O6S. The first-order valence-electron chi connectivity index (χ1n) is 9.63. The number of hydrogen-bond donors (Lipinski definition) is 3. The highest BCUT2D eigenvalue weighted by molar-refractivity contribution is 7.91. The molecule has 0 saturated heterocycles. The molecule has 0 fully saturated rings. The van der Waals surface area contributed by atoms with E-state index < -0.39 is 27.9 Å². The maximum atomic E-state index is 13.0. The normalized spacial score (nSPS) is 11.9. The van der Waals surface area contributed by atoms with Crippen molar-refractivity contribution in [1.82, 2.24) is 5.32 Å². The van der Waals surface area contributed by atoms with E-state index in [1.165, 1.54) is 43.5 Å². The largest absolute Gasteiger partial charge is 0.508 e. The lowest BCUT2D eigenvalue weighted by atomic mass is 10.1. The van der Waals surface area contributed by atoms with Crippen molar-refractivity contribution in [2.45, 2.75) is 22.3 Å². The van der Waals surface area contributed by atoms with Crippen LogP contribution in [0, 0.1) is 0 Å². The standard InChI is InChI=1S/C23H22N2O6S/c1-31-22(27)20(15-16-11-13-17(26)14-12-16)25-23(28)24-19-9-5-6-10-21(19)32(29,30)18-7-3-2-4-8-18/h2-14,20,26H,15H2,1H3,(H2,24,25,28). The van der Waals surface area contributed by atoms with Crippen LogP contribution in [0.2, 0.25) is 0 Å². The summed E-state index contributed by atoms with van der Waals surface area (Å²) >= 11 is 0. The summed E-state index contributed by atoms with van der Waals surface area (Å²) in [5, 5.41) is 14.4. The van der Waals surface area contributed by atoms with E-state index in [4.69, 9.17) is 4.74 Å². The van der Waals surface area contributed by atoms with Gasteiger partial charge in [0, 0.05) is 6.42 Å². The fraction of sp³-hybridized carbons (Fsp3) is 0.130. The van der Waals surface area contributed by atoms with Crippen LogP contribution in [-0.4, -0.2) is 38.7 Å². The summed E-state index contributed by atoms with van der Waals surface area (Å²) in [6.07, 6.45) is 0.115. The number of phenolic OH excluding ortho intramolecular Hbond substituents is 1. The van der Waals surface area contributed by atoms with Crippen molar-refractivity contribution in [1.29, 1.82) is 0 Å². The summed E-state index contributed by atoms with van der Waals surface area (Å²) in [6.45, 7) is 0. The second-order valence-electron chi connectivity index (χ2n) is 6.86. The van der Waals surface area contributed by atoms with Gasteiger partial charge in [0.05, 0.1) is 22.6 Å². The fourth-order valence-corrected chi connectivity index (χ4v) is 4.49. The number of hydrogen-bond acceptors (Lipinski definition) is 6. The topological polar surface area (TPSA) is 122 Å². The molecule has 1 unspecified atom stereocenters. The van der Waals surface area contributed by atoms with Gasteiger partial charge in [-0.1, -0.05) is 42.5 Å². The Morgan fingerprint density at radius 1 is 0.938 bits per heavy atom. The molecule has 1 atom stereocenters. The Hall–Kier alpha value is -3.85. The van der Waals surface area contributed by atoms with Crippen LogP contribution in [0.1, 0.15) is 5.56 Å². The Kier molecular flexibility index (Phi) is 7.11. The third-order valence-electron chi connectivity index (χ3n) is 4.65. The number of nitrogens with one attached hydrogen (secondary N) is 2. The molecule has 32 heavy (non-hydrogen) atoms. The molecular weight excluding hydrogens is 432 g/mol. The van der Waals surface area contributed by atoms with Gasteiger partial charge < -0.3 is 20.5 Å². The highest BCUT2D eigenvalue weighted by Gasteiger charge is 2.25. The Morgan fingerprint density at radius 2 is 1.56 bits per heavy atom. The maximum Gasteiger partial charge on any atom is 0.328 e. The number of carbonyl (C=O) groups excluding carboxylic acids is 2. The second-order valence-corrected chi connectivity index (χ2v) is 8.78. The van der Waals surface area contributed by atoms with Crippen molar-refractivity contribution < 1.29 is 27.9 Å². The van der Waals surface area contributed by atoms with Crippen molar-refractivity contribution in [3.63, 3.8) is 0 Å². The zero-order valence-corrected chi connectivity index (χ0v) is 18.0. The number of anilines is 1. The minimum atomic E-state index is -3.88. The molecule has 166 valence electrons. The van der Waals surface area contributed by atoms with Gasteiger partial charge in [-0.3, -0.25) is 0 Å². The molecule has 3 aromatic carbocycles. The van der Waals surface area contributed by atoms with Crippen molar-refractivity contribution in [3.05, 3.63) is 84.4 Å². The van der Waals surface area contributed by atoms with Crippen LogP contribution >= 0.6 is 0 Å². The van der Waals surface area contributed by atoms with E-state index in [1.807, 2.05) is 0 Å². The zero-order chi connectivity index (χ0) is 23.1. The monoisotopic (exact) mass is 454 g/mol. The summed E-state index contributed by atoms with van der Waals surface area (Å²) in [5.41, 5.74) is 0.757. The van der Waals surface area contributed by atoms with E-state index in [0.717, 1.165) is 0 Å². The first-order chi connectivity index (χ1) is 15.3. The average Bonchev–Trinajstić information content (AvgIpc) is 2.80. The molecule has 0 aliphatic rings. The number of methoxy groups -OCH3 is 1. The summed E-state index contributed by atoms with van der Waals surface area (Å²) in [4.78, 5) is 24.8. The number of carbonyl (C=O) groups is 2. The van der Waals surface area contributed by atoms with Gasteiger partial charge in [-0.15, -0.1) is 0 Å². The molecule has 0 heterocycles. The Labute approximate surface area is 185 Å². The number of benzene rings is 3. The molecule has 0 radical (unpaired) electrons. The Bertz CT molecular complexity index is 1190. The Balaban J connectivity index is 1.80. The van der Waals surface area contributed by atoms with E-state index in [0.29, 0.717) is 5.56 Å². The maximum absolute atomic E-state index is 13.0. The summed E-state index contributed by atoms with van der Waals surface area (Å²) in [7, 11) is -2.67. The van der Waals surface area contributed by atoms with Crippen molar-refractivity contribution in [2.75, 3.05) is 12.4 Å². The molecule has 3 rings (SSSR count). The number of aromatic hydroxyl groups is 1. The number of urea groups is 1. The van der Waals surface area contributed by atoms with E-state index in [1.54, 1.807) is 42.5 Å². The predicted molar refractivity (Wildman–Crippen MR) is 118 cm³/mol. The Morgan fingerprint density at radius 3 is 2.22 bits per heavy atom. The van der Waals surface area contributed by atoms with Crippen molar-refractivity contribution >= 4 is 27.5 Å². The van der Waals surface area contributed by atoms with Crippen LogP contribution in [-0.2, 0) is 25.8 Å². The number of rotatable bonds is 7. The first kappa shape index (κ1) is 22.8. The lowest BCUT2D eigenvalue weighted by molar-refractivity contribution is -0.142. The van der Waals surface area contributed by atoms with Crippen molar-refractivity contribution in [3.8, 4) is 5.75 Å². The minimum absolute atomic E-state index is 0.0714. The van der Waals surface area contributed by atoms with Gasteiger partial charge in [0.15, 0.2) is 0 Å². The van der Waals surface area contributed by atoms with Gasteiger partial charge in [-0.05, 0) is 42.0 Å². The average molecular weight is 455 g/mol. The predicted octanol–water partition coefficient (Wildman–Crippen LogP) is 3.13. The SMILES string of the molecule is COC(=O)C(Cc1ccc(O)cc1)NC(=O)Nc1ccccc1S(=O)(=O)c1ccccc1. The van der Waals surface area contributed by atoms with Crippen LogP contribution in [0.15, 0.2) is 88.7 Å². The molecule has 0 aliphatic heterocycles. The first-order valence-corrected chi connectivity index (χ1v) is 11.1. The fourth-order valence-electron chi connectivity index (χ4n) is 3.05. The number of esters is 1. The van der Waals surface area contributed by atoms with Gasteiger partial charge >= 0.3 is 12.0 Å². The van der Waals surface area contributed by atoms with E-state index in [2.05, 4.69) is 10.6 Å². The number of sulfone groups is 1. The van der Waals surface area contributed by atoms with Crippen LogP contribution in [0.4, 0.5) is 10.5 Å². The van der Waals surface area contributed by atoms with Crippen molar-refractivity contribution in [2.24, 2.45) is 0 Å². The van der Waals surface area contributed by atoms with E-state index >= 15 is 0 Å². The lowest BCUT2D eigenvalue weighted by Crippen LogP contribution is -2.45. The number of phenols is 1. The van der Waals surface area contributed by atoms with Gasteiger partial charge in [0.25, 0.3) is 0 Å². The smallest absolute Gasteiger partial charge is 0.328 e. The van der Waals surface area contributed by atoms with E-state index in [9.17, 15) is 23.1 Å². The lowest BCUT2D eigenvalue weighted by Gasteiger charge is -2.18. The molecule has 0 saturated carbocycles. The molecule has 0 aliphatic carbocycles. The summed E-state index contributed by atoms with van der Waals surface area (Å²) in [6, 6.07) is 18.2. The van der Waals surface area contributed by atoms with Gasteiger partial charge in [0.2, 0.25) is 9.84 Å². The highest BCUT2D eigenvalue weighted by Crippen LogP contribution is 2.27. The third kappa shape index (κ3) is 5.44. The van der Waals surface area contributed by atoms with Gasteiger partial charge in [-0.2, -0.15) is 0 Å². The van der Waals surface area contributed by atoms with Crippen LogP contribution in [0.3, 0.4) is 0 Å². The minimum Gasteiger partial charge on any atom is -0.508 e. The molecule has 2 amide bonds. The molecule has 3 aromatic rings. The zero-order valence-electron chi connectivity index (χ0n) is 17.2. The van der Waals surface area contributed by atoms with Gasteiger partial charge in [0.1, 0.15) is 11.8 Å². The summed E-state index contributed by atoms with van der Waals surface area (Å²) < 4.78 is 30.8. The molecule has 0 aromatic heterocycles. The van der Waals surface area contributed by atoms with Crippen LogP contribution in [0.25, 0.3) is 0 Å². The number of ether oxygens (including phenoxy) is 1. The van der Waals surface area contributed by atoms with E-state index in [-0.39, 0.29) is 27.6 Å². The second kappa shape index (κ2) is 9.97. The number of para-hydroxylation sites is 1. The quantitative estimate of drug-likeness (QED) is 0.472. The van der Waals surface area contributed by atoms with Crippen LogP contribution in [0.5, 0.6) is 5.75 Å². The highest BCUT2D eigenvalue weighted by atomic mass is 32.2.